The van der Waals surface area contributed by atoms with Crippen LogP contribution in [0.3, 0.4) is 0 Å². The second-order valence-corrected chi connectivity index (χ2v) is 3.09. The number of carboxylic acids is 2. The van der Waals surface area contributed by atoms with Gasteiger partial charge in [0.1, 0.15) is 0 Å². The molecule has 0 bridgehead atoms. The van der Waals surface area contributed by atoms with Gasteiger partial charge in [-0.05, 0) is 12.3 Å². The molecule has 4 nitrogen and oxygen atoms in total. The molecule has 0 atom stereocenters. The molecule has 0 spiro atoms. The van der Waals surface area contributed by atoms with E-state index < -0.39 is 23.3 Å². The van der Waals surface area contributed by atoms with Gasteiger partial charge in [0, 0.05) is 0 Å². The molecule has 74 valence electrons. The number of aliphatic carboxylic acids is 2. The molecule has 0 aliphatic heterocycles. The fourth-order valence-corrected chi connectivity index (χ4v) is 1.30. The summed E-state index contributed by atoms with van der Waals surface area (Å²) in [6, 6.07) is 0. The molecule has 0 saturated carbocycles. The van der Waals surface area contributed by atoms with E-state index in [0.717, 1.165) is 0 Å². The van der Waals surface area contributed by atoms with Crippen LogP contribution in [0.1, 0.15) is 30.0 Å². The minimum atomic E-state index is -1.63. The van der Waals surface area contributed by atoms with Gasteiger partial charge in [0.05, 0.1) is 0 Å². The summed E-state index contributed by atoms with van der Waals surface area (Å²) in [7, 11) is 0. The van der Waals surface area contributed by atoms with Crippen molar-refractivity contribution in [2.75, 3.05) is 0 Å². The van der Waals surface area contributed by atoms with Crippen LogP contribution in [0.15, 0.2) is 0 Å². The first-order chi connectivity index (χ1) is 5.39. The summed E-state index contributed by atoms with van der Waals surface area (Å²) in [4.78, 5) is 21.5. The molecule has 0 aromatic heterocycles. The zero-order valence-electron chi connectivity index (χ0n) is 10.2. The van der Waals surface area contributed by atoms with Crippen molar-refractivity contribution in [3.05, 3.63) is 0 Å². The molecule has 0 rings (SSSR count). The summed E-state index contributed by atoms with van der Waals surface area (Å²) in [6.07, 6.45) is 0.106. The maximum atomic E-state index is 10.8. The van der Waals surface area contributed by atoms with Gasteiger partial charge in [-0.3, -0.25) is 9.59 Å². The van der Waals surface area contributed by atoms with E-state index in [1.54, 1.807) is 20.8 Å². The SMILES string of the molecule is CCC(C(=O)O)(C(=O)O)C(C)C.[H-].[H-].[Mg+2]. The fourth-order valence-electron chi connectivity index (χ4n) is 1.30. The molecular formula is C8H16MgO4. The molecule has 0 aliphatic rings. The number of rotatable bonds is 4. The first kappa shape index (κ1) is 15.2. The topological polar surface area (TPSA) is 74.6 Å². The molecule has 0 radical (unpaired) electrons. The van der Waals surface area contributed by atoms with Crippen molar-refractivity contribution in [1.82, 2.24) is 0 Å². The van der Waals surface area contributed by atoms with E-state index in [1.165, 1.54) is 0 Å². The number of carboxylic acid groups (broad SMARTS) is 2. The summed E-state index contributed by atoms with van der Waals surface area (Å²) < 4.78 is 0. The van der Waals surface area contributed by atoms with Crippen molar-refractivity contribution < 1.29 is 22.7 Å². The Balaban J connectivity index is -0.000000202. The molecule has 0 unspecified atom stereocenters. The number of hydrogen-bond acceptors (Lipinski definition) is 2. The van der Waals surface area contributed by atoms with Crippen LogP contribution in [0, 0.1) is 11.3 Å². The van der Waals surface area contributed by atoms with Gasteiger partial charge in [-0.25, -0.2) is 0 Å². The Morgan fingerprint density at radius 1 is 1.31 bits per heavy atom. The van der Waals surface area contributed by atoms with Gasteiger partial charge in [-0.15, -0.1) is 0 Å². The van der Waals surface area contributed by atoms with Crippen LogP contribution in [0.4, 0.5) is 0 Å². The second-order valence-electron chi connectivity index (χ2n) is 3.09. The van der Waals surface area contributed by atoms with Gasteiger partial charge in [0.15, 0.2) is 5.41 Å². The number of carbonyl (C=O) groups is 2. The third-order valence-electron chi connectivity index (χ3n) is 2.31. The predicted molar refractivity (Wildman–Crippen MR) is 50.8 cm³/mol. The van der Waals surface area contributed by atoms with Crippen LogP contribution < -0.4 is 0 Å². The zero-order chi connectivity index (χ0) is 9.94. The quantitative estimate of drug-likeness (QED) is 0.525. The molecular weight excluding hydrogens is 184 g/mol. The van der Waals surface area contributed by atoms with Crippen LogP contribution in [0.2, 0.25) is 0 Å². The summed E-state index contributed by atoms with van der Waals surface area (Å²) >= 11 is 0. The van der Waals surface area contributed by atoms with Crippen molar-refractivity contribution in [3.8, 4) is 0 Å². The predicted octanol–water partition coefficient (Wildman–Crippen LogP) is 1.05. The van der Waals surface area contributed by atoms with Crippen molar-refractivity contribution in [2.45, 2.75) is 27.2 Å². The Hall–Kier alpha value is -0.294. The number of hydrogen-bond donors (Lipinski definition) is 2. The van der Waals surface area contributed by atoms with Gasteiger partial charge in [0.25, 0.3) is 0 Å². The Bertz CT molecular complexity index is 195. The van der Waals surface area contributed by atoms with E-state index in [0.29, 0.717) is 0 Å². The van der Waals surface area contributed by atoms with Crippen molar-refractivity contribution in [2.24, 2.45) is 11.3 Å². The summed E-state index contributed by atoms with van der Waals surface area (Å²) in [5.41, 5.74) is -1.63. The first-order valence-corrected chi connectivity index (χ1v) is 3.86. The van der Waals surface area contributed by atoms with Gasteiger partial charge < -0.3 is 13.1 Å². The van der Waals surface area contributed by atoms with E-state index in [-0.39, 0.29) is 32.3 Å². The summed E-state index contributed by atoms with van der Waals surface area (Å²) in [5, 5.41) is 17.6. The van der Waals surface area contributed by atoms with E-state index in [9.17, 15) is 9.59 Å². The third kappa shape index (κ3) is 2.57. The van der Waals surface area contributed by atoms with Gasteiger partial charge in [-0.1, -0.05) is 20.8 Å². The van der Waals surface area contributed by atoms with Gasteiger partial charge >= 0.3 is 35.0 Å². The molecule has 5 heteroatoms. The molecule has 0 aliphatic carbocycles. The molecule has 13 heavy (non-hydrogen) atoms. The Morgan fingerprint density at radius 3 is 1.62 bits per heavy atom. The summed E-state index contributed by atoms with van der Waals surface area (Å²) in [5.74, 6) is -2.92. The monoisotopic (exact) mass is 200 g/mol. The molecule has 0 heterocycles. The minimum Gasteiger partial charge on any atom is -1.00 e. The standard InChI is InChI=1S/C8H14O4.Mg.2H/c1-4-8(5(2)3,6(9)10)7(11)12;;;/h5H,4H2,1-3H3,(H,9,10)(H,11,12);;;/q;+2;2*-1. The van der Waals surface area contributed by atoms with Gasteiger partial charge in [-0.2, -0.15) is 0 Å². The molecule has 0 aromatic rings. The van der Waals surface area contributed by atoms with Crippen molar-refractivity contribution in [3.63, 3.8) is 0 Å². The first-order valence-electron chi connectivity index (χ1n) is 3.86. The van der Waals surface area contributed by atoms with E-state index in [2.05, 4.69) is 0 Å². The van der Waals surface area contributed by atoms with Crippen LogP contribution in [-0.2, 0) is 9.59 Å². The fraction of sp³-hybridized carbons (Fsp3) is 0.750. The maximum Gasteiger partial charge on any atom is 2.00 e. The Labute approximate surface area is 96.4 Å². The van der Waals surface area contributed by atoms with E-state index in [4.69, 9.17) is 10.2 Å². The molecule has 0 saturated heterocycles. The van der Waals surface area contributed by atoms with Crippen molar-refractivity contribution in [1.29, 1.82) is 0 Å². The smallest absolute Gasteiger partial charge is 1.00 e. The van der Waals surface area contributed by atoms with E-state index in [1.807, 2.05) is 0 Å². The zero-order valence-corrected chi connectivity index (χ0v) is 9.62. The maximum absolute atomic E-state index is 10.8. The largest absolute Gasteiger partial charge is 2.00 e. The van der Waals surface area contributed by atoms with Crippen molar-refractivity contribution >= 4 is 35.0 Å². The molecule has 0 fully saturated rings. The van der Waals surface area contributed by atoms with Crippen LogP contribution in [0.25, 0.3) is 0 Å². The van der Waals surface area contributed by atoms with Crippen LogP contribution >= 0.6 is 0 Å². The van der Waals surface area contributed by atoms with Crippen LogP contribution in [-0.4, -0.2) is 45.2 Å². The van der Waals surface area contributed by atoms with Crippen LogP contribution in [0.5, 0.6) is 0 Å². The second kappa shape index (κ2) is 5.44. The third-order valence-corrected chi connectivity index (χ3v) is 2.31. The summed E-state index contributed by atoms with van der Waals surface area (Å²) in [6.45, 7) is 4.78. The Kier molecular flexibility index (Phi) is 6.36. The molecule has 0 amide bonds. The minimum absolute atomic E-state index is 0. The molecule has 0 aromatic carbocycles. The average Bonchev–Trinajstić information content (AvgIpc) is 1.86. The average molecular weight is 201 g/mol. The Morgan fingerprint density at radius 2 is 1.62 bits per heavy atom. The normalized spacial score (nSPS) is 10.8. The van der Waals surface area contributed by atoms with Gasteiger partial charge in [0.2, 0.25) is 0 Å². The molecule has 2 N–H and O–H groups in total. The van der Waals surface area contributed by atoms with E-state index >= 15 is 0 Å².